The lowest BCUT2D eigenvalue weighted by atomic mass is 10.0. The van der Waals surface area contributed by atoms with Gasteiger partial charge in [-0.2, -0.15) is 0 Å². The topological polar surface area (TPSA) is 75.8 Å². The summed E-state index contributed by atoms with van der Waals surface area (Å²) in [5.74, 6) is 0.772. The summed E-state index contributed by atoms with van der Waals surface area (Å²) in [5.41, 5.74) is 6.24. The van der Waals surface area contributed by atoms with Gasteiger partial charge in [0, 0.05) is 24.7 Å². The second kappa shape index (κ2) is 5.93. The number of carbonyl (C=O) groups is 1. The molecule has 0 bridgehead atoms. The lowest BCUT2D eigenvalue weighted by Gasteiger charge is -2.18. The van der Waals surface area contributed by atoms with Crippen molar-refractivity contribution < 1.29 is 14.6 Å². The average Bonchev–Trinajstić information content (AvgIpc) is 2.87. The van der Waals surface area contributed by atoms with E-state index in [0.717, 1.165) is 6.42 Å². The molecule has 2 atom stereocenters. The van der Waals surface area contributed by atoms with Gasteiger partial charge < -0.3 is 20.5 Å². The van der Waals surface area contributed by atoms with Crippen LogP contribution in [0.25, 0.3) is 0 Å². The first-order chi connectivity index (χ1) is 9.06. The Bertz CT molecular complexity index is 431. The number of hydrogen-bond donors (Lipinski definition) is 2. The van der Waals surface area contributed by atoms with Crippen molar-refractivity contribution >= 4 is 11.6 Å². The monoisotopic (exact) mass is 264 g/mol. The maximum absolute atomic E-state index is 11.9. The highest BCUT2D eigenvalue weighted by Gasteiger charge is 2.28. The molecule has 104 valence electrons. The number of likely N-dealkylation sites (tertiary alicyclic amines) is 1. The average molecular weight is 264 g/mol. The van der Waals surface area contributed by atoms with Gasteiger partial charge in [-0.3, -0.25) is 4.79 Å². The fourth-order valence-corrected chi connectivity index (χ4v) is 2.21. The molecule has 1 fully saturated rings. The molecule has 0 aliphatic carbocycles. The van der Waals surface area contributed by atoms with Crippen molar-refractivity contribution in [3.05, 3.63) is 24.3 Å². The predicted octanol–water partition coefficient (Wildman–Crippen LogP) is 0.877. The molecule has 5 heteroatoms. The normalized spacial score (nSPS) is 20.3. The van der Waals surface area contributed by atoms with Crippen LogP contribution >= 0.6 is 0 Å². The van der Waals surface area contributed by atoms with Crippen LogP contribution in [0.15, 0.2) is 24.3 Å². The third-order valence-electron chi connectivity index (χ3n) is 3.50. The van der Waals surface area contributed by atoms with Crippen LogP contribution in [-0.4, -0.2) is 41.7 Å². The van der Waals surface area contributed by atoms with Gasteiger partial charge in [0.25, 0.3) is 5.91 Å². The summed E-state index contributed by atoms with van der Waals surface area (Å²) < 4.78 is 5.42. The summed E-state index contributed by atoms with van der Waals surface area (Å²) in [4.78, 5) is 13.7. The molecule has 1 aromatic rings. The number of rotatable bonds is 4. The molecule has 1 aliphatic heterocycles. The first-order valence-electron chi connectivity index (χ1n) is 6.50. The summed E-state index contributed by atoms with van der Waals surface area (Å²) in [6, 6.07) is 6.95. The van der Waals surface area contributed by atoms with Crippen LogP contribution in [-0.2, 0) is 4.79 Å². The molecular weight excluding hydrogens is 244 g/mol. The van der Waals surface area contributed by atoms with Crippen LogP contribution in [0.5, 0.6) is 5.75 Å². The first kappa shape index (κ1) is 13.7. The number of hydrogen-bond acceptors (Lipinski definition) is 4. The number of aliphatic hydroxyl groups excluding tert-OH is 1. The number of nitrogens with two attached hydrogens (primary N) is 1. The van der Waals surface area contributed by atoms with Gasteiger partial charge in [0.2, 0.25) is 0 Å². The van der Waals surface area contributed by atoms with E-state index in [2.05, 4.69) is 0 Å². The summed E-state index contributed by atoms with van der Waals surface area (Å²) in [6.45, 7) is 3.10. The Morgan fingerprint density at radius 3 is 2.79 bits per heavy atom. The molecule has 1 heterocycles. The van der Waals surface area contributed by atoms with E-state index in [1.807, 2.05) is 0 Å². The van der Waals surface area contributed by atoms with E-state index in [-0.39, 0.29) is 24.5 Å². The third-order valence-corrected chi connectivity index (χ3v) is 3.50. The smallest absolute Gasteiger partial charge is 0.260 e. The van der Waals surface area contributed by atoms with Crippen molar-refractivity contribution in [3.8, 4) is 5.75 Å². The molecule has 2 rings (SSSR count). The third kappa shape index (κ3) is 3.61. The van der Waals surface area contributed by atoms with Crippen molar-refractivity contribution in [2.75, 3.05) is 25.4 Å². The van der Waals surface area contributed by atoms with E-state index >= 15 is 0 Å². The van der Waals surface area contributed by atoms with Gasteiger partial charge in [-0.05, 0) is 37.6 Å². The molecule has 5 nitrogen and oxygen atoms in total. The molecule has 3 N–H and O–H groups in total. The fourth-order valence-electron chi connectivity index (χ4n) is 2.21. The summed E-state index contributed by atoms with van der Waals surface area (Å²) in [5, 5.41) is 9.50. The number of anilines is 1. The minimum absolute atomic E-state index is 0.0243. The zero-order valence-electron chi connectivity index (χ0n) is 11.1. The van der Waals surface area contributed by atoms with E-state index < -0.39 is 0 Å². The molecule has 1 amide bonds. The van der Waals surface area contributed by atoms with Crippen molar-refractivity contribution in [3.63, 3.8) is 0 Å². The standard InChI is InChI=1S/C14H20N2O3/c1-10(17)11-6-7-16(8-11)14(18)9-19-13-4-2-12(15)3-5-13/h2-5,10-11,17H,6-9,15H2,1H3. The SMILES string of the molecule is CC(O)C1CCN(C(=O)COc2ccc(N)cc2)C1. The lowest BCUT2D eigenvalue weighted by Crippen LogP contribution is -2.34. The number of ether oxygens (including phenoxy) is 1. The second-order valence-electron chi connectivity index (χ2n) is 4.99. The largest absolute Gasteiger partial charge is 0.484 e. The lowest BCUT2D eigenvalue weighted by molar-refractivity contribution is -0.132. The van der Waals surface area contributed by atoms with E-state index in [9.17, 15) is 9.90 Å². The quantitative estimate of drug-likeness (QED) is 0.791. The van der Waals surface area contributed by atoms with Crippen molar-refractivity contribution in [1.82, 2.24) is 4.90 Å². The number of carbonyl (C=O) groups excluding carboxylic acids is 1. The summed E-state index contributed by atoms with van der Waals surface area (Å²) in [7, 11) is 0. The minimum atomic E-state index is -0.365. The van der Waals surface area contributed by atoms with E-state index in [0.29, 0.717) is 24.5 Å². The number of amides is 1. The fraction of sp³-hybridized carbons (Fsp3) is 0.500. The Kier molecular flexibility index (Phi) is 4.27. The van der Waals surface area contributed by atoms with Gasteiger partial charge in [0.1, 0.15) is 5.75 Å². The molecule has 0 radical (unpaired) electrons. The molecule has 0 saturated carbocycles. The Balaban J connectivity index is 1.80. The Labute approximate surface area is 113 Å². The Morgan fingerprint density at radius 1 is 1.53 bits per heavy atom. The number of aliphatic hydroxyl groups is 1. The van der Waals surface area contributed by atoms with E-state index in [1.54, 1.807) is 36.1 Å². The molecular formula is C14H20N2O3. The van der Waals surface area contributed by atoms with Crippen LogP contribution in [0.1, 0.15) is 13.3 Å². The second-order valence-corrected chi connectivity index (χ2v) is 4.99. The number of nitrogen functional groups attached to an aromatic ring is 1. The summed E-state index contributed by atoms with van der Waals surface area (Å²) >= 11 is 0. The Morgan fingerprint density at radius 2 is 2.21 bits per heavy atom. The zero-order valence-corrected chi connectivity index (χ0v) is 11.1. The minimum Gasteiger partial charge on any atom is -0.484 e. The van der Waals surface area contributed by atoms with E-state index in [1.165, 1.54) is 0 Å². The van der Waals surface area contributed by atoms with Crippen LogP contribution in [0.2, 0.25) is 0 Å². The van der Waals surface area contributed by atoms with Gasteiger partial charge in [-0.1, -0.05) is 0 Å². The van der Waals surface area contributed by atoms with Crippen LogP contribution in [0.3, 0.4) is 0 Å². The van der Waals surface area contributed by atoms with Gasteiger partial charge in [0.05, 0.1) is 6.10 Å². The molecule has 19 heavy (non-hydrogen) atoms. The predicted molar refractivity (Wildman–Crippen MR) is 72.7 cm³/mol. The van der Waals surface area contributed by atoms with Gasteiger partial charge in [-0.25, -0.2) is 0 Å². The van der Waals surface area contributed by atoms with Crippen molar-refractivity contribution in [1.29, 1.82) is 0 Å². The maximum atomic E-state index is 11.9. The summed E-state index contributed by atoms with van der Waals surface area (Å²) in [6.07, 6.45) is 0.487. The molecule has 0 aromatic heterocycles. The zero-order chi connectivity index (χ0) is 13.8. The van der Waals surface area contributed by atoms with Crippen molar-refractivity contribution in [2.24, 2.45) is 5.92 Å². The highest BCUT2D eigenvalue weighted by atomic mass is 16.5. The van der Waals surface area contributed by atoms with E-state index in [4.69, 9.17) is 10.5 Å². The molecule has 2 unspecified atom stereocenters. The maximum Gasteiger partial charge on any atom is 0.260 e. The number of nitrogens with zero attached hydrogens (tertiary/aromatic N) is 1. The first-order valence-corrected chi connectivity index (χ1v) is 6.50. The molecule has 1 aliphatic rings. The van der Waals surface area contributed by atoms with Crippen LogP contribution in [0.4, 0.5) is 5.69 Å². The van der Waals surface area contributed by atoms with Crippen LogP contribution < -0.4 is 10.5 Å². The van der Waals surface area contributed by atoms with Crippen LogP contribution in [0, 0.1) is 5.92 Å². The molecule has 1 saturated heterocycles. The molecule has 0 spiro atoms. The van der Waals surface area contributed by atoms with Gasteiger partial charge in [0.15, 0.2) is 6.61 Å². The Hall–Kier alpha value is -1.75. The van der Waals surface area contributed by atoms with Gasteiger partial charge >= 0.3 is 0 Å². The number of benzene rings is 1. The van der Waals surface area contributed by atoms with Gasteiger partial charge in [-0.15, -0.1) is 0 Å². The highest BCUT2D eigenvalue weighted by molar-refractivity contribution is 5.78. The molecule has 1 aromatic carbocycles. The highest BCUT2D eigenvalue weighted by Crippen LogP contribution is 2.20. The van der Waals surface area contributed by atoms with Crippen molar-refractivity contribution in [2.45, 2.75) is 19.4 Å².